The normalized spacial score (nSPS) is 25.1. The van der Waals surface area contributed by atoms with E-state index in [0.29, 0.717) is 26.2 Å². The van der Waals surface area contributed by atoms with Gasteiger partial charge in [0.05, 0.1) is 32.6 Å². The van der Waals surface area contributed by atoms with Gasteiger partial charge in [0.2, 0.25) is 0 Å². The van der Waals surface area contributed by atoms with E-state index in [9.17, 15) is 18.0 Å². The van der Waals surface area contributed by atoms with Crippen LogP contribution in [0.15, 0.2) is 11.8 Å². The molecule has 7 nitrogen and oxygen atoms in total. The molecule has 3 aliphatic heterocycles. The number of Topliss-reactive ketones (excluding diaryl/α,β-unsaturated/α-hetero) is 1. The number of carbonyl (C=O) groups excluding carboxylic acids is 1. The van der Waals surface area contributed by atoms with E-state index >= 15 is 0 Å². The fourth-order valence-corrected chi connectivity index (χ4v) is 3.90. The molecule has 0 aliphatic carbocycles. The van der Waals surface area contributed by atoms with Crippen molar-refractivity contribution >= 4 is 5.78 Å². The lowest BCUT2D eigenvalue weighted by Gasteiger charge is -2.38. The lowest BCUT2D eigenvalue weighted by molar-refractivity contribution is -0.167. The summed E-state index contributed by atoms with van der Waals surface area (Å²) in [5.74, 6) is -1.72. The van der Waals surface area contributed by atoms with E-state index in [1.807, 2.05) is 4.90 Å². The Kier molecular flexibility index (Phi) is 8.31. The highest BCUT2D eigenvalue weighted by molar-refractivity contribution is 5.99. The molecule has 3 aliphatic rings. The van der Waals surface area contributed by atoms with Crippen molar-refractivity contribution in [2.75, 3.05) is 78.8 Å². The van der Waals surface area contributed by atoms with E-state index in [1.165, 1.54) is 6.20 Å². The predicted molar refractivity (Wildman–Crippen MR) is 101 cm³/mol. The molecule has 1 N–H and O–H groups in total. The second kappa shape index (κ2) is 10.7. The van der Waals surface area contributed by atoms with Crippen LogP contribution in [-0.2, 0) is 14.3 Å². The van der Waals surface area contributed by atoms with Gasteiger partial charge in [0.25, 0.3) is 5.78 Å². The predicted octanol–water partition coefficient (Wildman–Crippen LogP) is 0.678. The second-order valence-corrected chi connectivity index (χ2v) is 7.64. The van der Waals surface area contributed by atoms with Crippen LogP contribution in [0.3, 0.4) is 0 Å². The number of allylic oxidation sites excluding steroid dienone is 1. The maximum atomic E-state index is 12.9. The van der Waals surface area contributed by atoms with Gasteiger partial charge in [0.15, 0.2) is 0 Å². The third-order valence-corrected chi connectivity index (χ3v) is 5.65. The lowest BCUT2D eigenvalue weighted by atomic mass is 10.0. The zero-order valence-electron chi connectivity index (χ0n) is 16.8. The summed E-state index contributed by atoms with van der Waals surface area (Å²) >= 11 is 0. The summed E-state index contributed by atoms with van der Waals surface area (Å²) in [6.45, 7) is 9.19. The van der Waals surface area contributed by atoms with Crippen LogP contribution in [0.25, 0.3) is 0 Å². The Labute approximate surface area is 169 Å². The smallest absolute Gasteiger partial charge is 0.379 e. The number of rotatable bonds is 8. The Hall–Kier alpha value is -1.20. The van der Waals surface area contributed by atoms with Crippen LogP contribution in [-0.4, -0.2) is 112 Å². The molecule has 0 aromatic carbocycles. The molecule has 2 fully saturated rings. The third kappa shape index (κ3) is 6.92. The van der Waals surface area contributed by atoms with E-state index in [1.54, 1.807) is 0 Å². The van der Waals surface area contributed by atoms with Crippen LogP contribution in [0.1, 0.15) is 12.8 Å². The molecule has 0 radical (unpaired) electrons. The zero-order valence-corrected chi connectivity index (χ0v) is 16.8. The van der Waals surface area contributed by atoms with Crippen molar-refractivity contribution in [3.8, 4) is 0 Å². The van der Waals surface area contributed by atoms with Gasteiger partial charge < -0.3 is 14.4 Å². The van der Waals surface area contributed by atoms with E-state index in [2.05, 4.69) is 15.1 Å². The van der Waals surface area contributed by atoms with Crippen LogP contribution in [0.2, 0.25) is 0 Å². The lowest BCUT2D eigenvalue weighted by Crippen LogP contribution is -2.51. The highest BCUT2D eigenvalue weighted by Crippen LogP contribution is 2.27. The molecule has 166 valence electrons. The Morgan fingerprint density at radius 2 is 1.59 bits per heavy atom. The SMILES string of the molecule is O=C(C1=CN(CCN2CCOCC2)C(NCCN2CCOCC2)CC1)C(F)(F)F. The van der Waals surface area contributed by atoms with Crippen molar-refractivity contribution in [3.05, 3.63) is 11.8 Å². The first-order chi connectivity index (χ1) is 13.9. The maximum absolute atomic E-state index is 12.9. The van der Waals surface area contributed by atoms with Crippen molar-refractivity contribution < 1.29 is 27.4 Å². The minimum atomic E-state index is -4.82. The van der Waals surface area contributed by atoms with Crippen LogP contribution in [0, 0.1) is 0 Å². The molecule has 3 rings (SSSR count). The number of halogens is 3. The molecule has 3 heterocycles. The minimum Gasteiger partial charge on any atom is -0.379 e. The molecular weight excluding hydrogens is 389 g/mol. The molecule has 1 atom stereocenters. The Morgan fingerprint density at radius 1 is 1.00 bits per heavy atom. The van der Waals surface area contributed by atoms with E-state index in [4.69, 9.17) is 9.47 Å². The van der Waals surface area contributed by atoms with Crippen LogP contribution >= 0.6 is 0 Å². The number of morpholine rings is 2. The van der Waals surface area contributed by atoms with Gasteiger partial charge in [0, 0.05) is 64.1 Å². The van der Waals surface area contributed by atoms with Crippen molar-refractivity contribution in [1.29, 1.82) is 0 Å². The summed E-state index contributed by atoms with van der Waals surface area (Å²) in [6, 6.07) is 0. The number of carbonyl (C=O) groups is 1. The summed E-state index contributed by atoms with van der Waals surface area (Å²) in [5.41, 5.74) is -0.147. The van der Waals surface area contributed by atoms with E-state index in [0.717, 1.165) is 59.0 Å². The Morgan fingerprint density at radius 3 is 2.17 bits per heavy atom. The van der Waals surface area contributed by atoms with Crippen molar-refractivity contribution in [1.82, 2.24) is 20.0 Å². The Bertz CT molecular complexity index is 561. The molecule has 0 spiro atoms. The van der Waals surface area contributed by atoms with E-state index in [-0.39, 0.29) is 18.2 Å². The summed E-state index contributed by atoms with van der Waals surface area (Å²) in [5, 5.41) is 3.47. The van der Waals surface area contributed by atoms with E-state index < -0.39 is 12.0 Å². The number of ketones is 1. The fraction of sp³-hybridized carbons (Fsp3) is 0.842. The molecule has 29 heavy (non-hydrogen) atoms. The van der Waals surface area contributed by atoms with Gasteiger partial charge in [-0.3, -0.25) is 19.9 Å². The molecule has 0 aromatic heterocycles. The van der Waals surface area contributed by atoms with Crippen molar-refractivity contribution in [2.45, 2.75) is 25.2 Å². The quantitative estimate of drug-likeness (QED) is 0.620. The molecule has 2 saturated heterocycles. The standard InChI is InChI=1S/C19H31F3N4O3/c20-19(21,22)18(27)16-1-2-17(23-3-4-24-7-11-28-12-8-24)26(15-16)6-5-25-9-13-29-14-10-25/h15,17,23H,1-14H2. The monoisotopic (exact) mass is 420 g/mol. The number of nitrogens with zero attached hydrogens (tertiary/aromatic N) is 3. The maximum Gasteiger partial charge on any atom is 0.454 e. The van der Waals surface area contributed by atoms with Gasteiger partial charge in [-0.25, -0.2) is 0 Å². The summed E-state index contributed by atoms with van der Waals surface area (Å²) in [6.07, 6.45) is -2.84. The van der Waals surface area contributed by atoms with Crippen LogP contribution in [0.5, 0.6) is 0 Å². The highest BCUT2D eigenvalue weighted by Gasteiger charge is 2.42. The Balaban J connectivity index is 1.57. The number of nitrogens with one attached hydrogen (secondary N) is 1. The molecular formula is C19H31F3N4O3. The summed E-state index contributed by atoms with van der Waals surface area (Å²) in [4.78, 5) is 18.1. The number of alkyl halides is 3. The topological polar surface area (TPSA) is 57.3 Å². The molecule has 10 heteroatoms. The van der Waals surface area contributed by atoms with Gasteiger partial charge in [-0.1, -0.05) is 0 Å². The number of hydrogen-bond acceptors (Lipinski definition) is 7. The first kappa shape index (κ1) is 22.5. The van der Waals surface area contributed by atoms with Gasteiger partial charge in [-0.05, 0) is 12.8 Å². The molecule has 0 bridgehead atoms. The molecule has 0 aromatic rings. The first-order valence-corrected chi connectivity index (χ1v) is 10.3. The highest BCUT2D eigenvalue weighted by atomic mass is 19.4. The molecule has 1 unspecified atom stereocenters. The van der Waals surface area contributed by atoms with Gasteiger partial charge in [-0.15, -0.1) is 0 Å². The number of ether oxygens (including phenoxy) is 2. The number of hydrogen-bond donors (Lipinski definition) is 1. The fourth-order valence-electron chi connectivity index (χ4n) is 3.90. The van der Waals surface area contributed by atoms with Gasteiger partial charge >= 0.3 is 6.18 Å². The molecule has 0 saturated carbocycles. The van der Waals surface area contributed by atoms with Gasteiger partial charge in [0.1, 0.15) is 0 Å². The summed E-state index contributed by atoms with van der Waals surface area (Å²) < 4.78 is 49.3. The average Bonchev–Trinajstić information content (AvgIpc) is 2.73. The van der Waals surface area contributed by atoms with Crippen molar-refractivity contribution in [3.63, 3.8) is 0 Å². The third-order valence-electron chi connectivity index (χ3n) is 5.65. The van der Waals surface area contributed by atoms with Crippen molar-refractivity contribution in [2.24, 2.45) is 0 Å². The zero-order chi connectivity index (χ0) is 20.7. The molecule has 0 amide bonds. The summed E-state index contributed by atoms with van der Waals surface area (Å²) in [7, 11) is 0. The average molecular weight is 420 g/mol. The van der Waals surface area contributed by atoms with Crippen LogP contribution < -0.4 is 5.32 Å². The van der Waals surface area contributed by atoms with Gasteiger partial charge in [-0.2, -0.15) is 13.2 Å². The minimum absolute atomic E-state index is 0.0677. The second-order valence-electron chi connectivity index (χ2n) is 7.64. The largest absolute Gasteiger partial charge is 0.454 e. The van der Waals surface area contributed by atoms with Crippen LogP contribution in [0.4, 0.5) is 13.2 Å². The first-order valence-electron chi connectivity index (χ1n) is 10.3.